The number of alkyl halides is 3. The minimum atomic E-state index is -4.53. The quantitative estimate of drug-likeness (QED) is 0.631. The number of hydrogen-bond donors (Lipinski definition) is 3. The van der Waals surface area contributed by atoms with Crippen LogP contribution in [0.2, 0.25) is 0 Å². The molecule has 12 heteroatoms. The van der Waals surface area contributed by atoms with E-state index in [4.69, 9.17) is 0 Å². The van der Waals surface area contributed by atoms with Crippen molar-refractivity contribution in [3.8, 4) is 0 Å². The summed E-state index contributed by atoms with van der Waals surface area (Å²) in [4.78, 5) is 44.8. The van der Waals surface area contributed by atoms with Gasteiger partial charge in [-0.25, -0.2) is 4.98 Å². The van der Waals surface area contributed by atoms with Crippen LogP contribution in [0.1, 0.15) is 25.5 Å². The molecule has 0 radical (unpaired) electrons. The molecule has 4 unspecified atom stereocenters. The fourth-order valence-corrected chi connectivity index (χ4v) is 4.38. The van der Waals surface area contributed by atoms with Crippen molar-refractivity contribution in [3.05, 3.63) is 18.2 Å². The number of imidazole rings is 1. The Hall–Kier alpha value is -2.24. The normalized spacial score (nSPS) is 26.1. The van der Waals surface area contributed by atoms with Gasteiger partial charge >= 0.3 is 6.18 Å². The number of H-pyrrole nitrogens is 1. The van der Waals surface area contributed by atoms with E-state index in [1.165, 1.54) is 24.3 Å². The molecule has 3 rings (SSSR count). The smallest absolute Gasteiger partial charge is 0.348 e. The van der Waals surface area contributed by atoms with Gasteiger partial charge in [0.1, 0.15) is 18.1 Å². The second kappa shape index (κ2) is 8.64. The van der Waals surface area contributed by atoms with Crippen LogP contribution in [0.25, 0.3) is 0 Å². The number of carbonyl (C=O) groups is 3. The summed E-state index contributed by atoms with van der Waals surface area (Å²) in [5.74, 6) is -1.37. The largest absolute Gasteiger partial charge is 0.408 e. The summed E-state index contributed by atoms with van der Waals surface area (Å²) >= 11 is 1.30. The number of rotatable bonds is 5. The van der Waals surface area contributed by atoms with Crippen LogP contribution in [-0.4, -0.2) is 74.4 Å². The van der Waals surface area contributed by atoms with Gasteiger partial charge in [-0.3, -0.25) is 14.4 Å². The summed E-state index contributed by atoms with van der Waals surface area (Å²) in [6.45, 7) is 1.69. The highest BCUT2D eigenvalue weighted by Gasteiger charge is 2.49. The number of thioether (sulfide) groups is 1. The molecule has 2 aliphatic rings. The number of nitrogens with one attached hydrogen (secondary N) is 3. The van der Waals surface area contributed by atoms with Crippen molar-refractivity contribution in [1.29, 1.82) is 0 Å². The summed E-state index contributed by atoms with van der Waals surface area (Å²) in [5, 5.41) is 4.82. The summed E-state index contributed by atoms with van der Waals surface area (Å²) in [6.07, 6.45) is -1.65. The van der Waals surface area contributed by atoms with Crippen molar-refractivity contribution in [2.75, 3.05) is 12.3 Å². The Kier molecular flexibility index (Phi) is 6.39. The molecule has 8 nitrogen and oxygen atoms in total. The molecular weight excluding hydrogens is 411 g/mol. The Bertz CT molecular complexity index is 758. The molecule has 0 spiro atoms. The lowest BCUT2D eigenvalue weighted by Gasteiger charge is -2.32. The van der Waals surface area contributed by atoms with E-state index in [1.54, 1.807) is 6.92 Å². The van der Waals surface area contributed by atoms with Crippen LogP contribution in [0.3, 0.4) is 0 Å². The molecule has 0 bridgehead atoms. The summed E-state index contributed by atoms with van der Waals surface area (Å²) in [6, 6.07) is -3.91. The minimum Gasteiger partial charge on any atom is -0.348 e. The number of likely N-dealkylation sites (tertiary alicyclic amines) is 1. The monoisotopic (exact) mass is 433 g/mol. The number of nitrogens with zero attached hydrogens (tertiary/aromatic N) is 2. The van der Waals surface area contributed by atoms with E-state index in [-0.39, 0.29) is 37.0 Å². The van der Waals surface area contributed by atoms with E-state index < -0.39 is 36.1 Å². The first kappa shape index (κ1) is 21.5. The van der Waals surface area contributed by atoms with E-state index in [2.05, 4.69) is 20.6 Å². The van der Waals surface area contributed by atoms with Crippen LogP contribution < -0.4 is 10.6 Å². The molecule has 4 atom stereocenters. The standard InChI is InChI=1S/C17H22F3N5O3S/c1-9-14(26)24-12(7-29-9)15(27)23-11(5-10-6-21-8-22-10)16(28)25-4-2-3-13(25)17(18,19)20/h6,8-9,11-13H,2-5,7H2,1H3,(H,21,22)(H,23,27)(H,24,26). The second-order valence-electron chi connectivity index (χ2n) is 7.11. The maximum atomic E-state index is 13.3. The van der Waals surface area contributed by atoms with Crippen LogP contribution >= 0.6 is 11.8 Å². The van der Waals surface area contributed by atoms with Crippen LogP contribution in [0.15, 0.2) is 12.5 Å². The van der Waals surface area contributed by atoms with Crippen LogP contribution in [-0.2, 0) is 20.8 Å². The van der Waals surface area contributed by atoms with Crippen molar-refractivity contribution in [1.82, 2.24) is 25.5 Å². The lowest BCUT2D eigenvalue weighted by molar-refractivity contribution is -0.183. The molecular formula is C17H22F3N5O3S. The SMILES string of the molecule is CC1SCC(C(=O)NC(Cc2cnc[nH]2)C(=O)N2CCCC2C(F)(F)F)NC1=O. The van der Waals surface area contributed by atoms with Gasteiger partial charge in [-0.05, 0) is 19.8 Å². The Balaban J connectivity index is 1.75. The van der Waals surface area contributed by atoms with Crippen molar-refractivity contribution < 1.29 is 27.6 Å². The molecule has 3 N–H and O–H groups in total. The van der Waals surface area contributed by atoms with E-state index >= 15 is 0 Å². The zero-order valence-corrected chi connectivity index (χ0v) is 16.5. The third-order valence-corrected chi connectivity index (χ3v) is 6.26. The fourth-order valence-electron chi connectivity index (χ4n) is 3.45. The number of hydrogen-bond acceptors (Lipinski definition) is 5. The van der Waals surface area contributed by atoms with Crippen molar-refractivity contribution >= 4 is 29.5 Å². The first-order valence-electron chi connectivity index (χ1n) is 9.23. The average Bonchev–Trinajstić information content (AvgIpc) is 3.34. The van der Waals surface area contributed by atoms with Crippen molar-refractivity contribution in [2.24, 2.45) is 0 Å². The predicted molar refractivity (Wildman–Crippen MR) is 98.9 cm³/mol. The van der Waals surface area contributed by atoms with Gasteiger partial charge in [0.25, 0.3) is 0 Å². The number of carbonyl (C=O) groups excluding carboxylic acids is 3. The van der Waals surface area contributed by atoms with E-state index in [9.17, 15) is 27.6 Å². The topological polar surface area (TPSA) is 107 Å². The first-order chi connectivity index (χ1) is 13.7. The van der Waals surface area contributed by atoms with Crippen molar-refractivity contribution in [3.63, 3.8) is 0 Å². The Labute approximate surface area is 169 Å². The highest BCUT2D eigenvalue weighted by molar-refractivity contribution is 8.00. The van der Waals surface area contributed by atoms with Gasteiger partial charge in [-0.1, -0.05) is 0 Å². The van der Waals surface area contributed by atoms with Crippen LogP contribution in [0.4, 0.5) is 13.2 Å². The third kappa shape index (κ3) is 5.03. The van der Waals surface area contributed by atoms with Gasteiger partial charge in [0.05, 0.1) is 11.6 Å². The van der Waals surface area contributed by atoms with E-state index in [0.29, 0.717) is 11.4 Å². The van der Waals surface area contributed by atoms with Gasteiger partial charge in [0, 0.05) is 30.6 Å². The van der Waals surface area contributed by atoms with Gasteiger partial charge in [0.15, 0.2) is 0 Å². The Morgan fingerprint density at radius 2 is 2.21 bits per heavy atom. The number of aromatic nitrogens is 2. The molecule has 0 aliphatic carbocycles. The molecule has 160 valence electrons. The van der Waals surface area contributed by atoms with Gasteiger partial charge in [-0.2, -0.15) is 13.2 Å². The fraction of sp³-hybridized carbons (Fsp3) is 0.647. The summed E-state index contributed by atoms with van der Waals surface area (Å²) in [5.41, 5.74) is 0.502. The molecule has 29 heavy (non-hydrogen) atoms. The highest BCUT2D eigenvalue weighted by atomic mass is 32.2. The van der Waals surface area contributed by atoms with Gasteiger partial charge in [-0.15, -0.1) is 11.8 Å². The predicted octanol–water partition coefficient (Wildman–Crippen LogP) is 0.610. The molecule has 2 fully saturated rings. The molecule has 3 amide bonds. The maximum absolute atomic E-state index is 13.3. The Morgan fingerprint density at radius 1 is 1.45 bits per heavy atom. The highest BCUT2D eigenvalue weighted by Crippen LogP contribution is 2.33. The third-order valence-electron chi connectivity index (χ3n) is 5.02. The molecule has 3 heterocycles. The van der Waals surface area contributed by atoms with Crippen LogP contribution in [0.5, 0.6) is 0 Å². The number of aromatic amines is 1. The van der Waals surface area contributed by atoms with Crippen molar-refractivity contribution in [2.45, 2.75) is 55.7 Å². The summed E-state index contributed by atoms with van der Waals surface area (Å²) in [7, 11) is 0. The van der Waals surface area contributed by atoms with Crippen LogP contribution in [0, 0.1) is 0 Å². The lowest BCUT2D eigenvalue weighted by atomic mass is 10.1. The first-order valence-corrected chi connectivity index (χ1v) is 10.3. The zero-order valence-electron chi connectivity index (χ0n) is 15.7. The minimum absolute atomic E-state index is 0.0219. The second-order valence-corrected chi connectivity index (χ2v) is 8.48. The number of halogens is 3. The maximum Gasteiger partial charge on any atom is 0.408 e. The summed E-state index contributed by atoms with van der Waals surface area (Å²) < 4.78 is 39.9. The number of amides is 3. The zero-order chi connectivity index (χ0) is 21.2. The molecule has 1 aromatic rings. The molecule has 2 aliphatic heterocycles. The molecule has 0 saturated carbocycles. The van der Waals surface area contributed by atoms with Gasteiger partial charge in [0.2, 0.25) is 17.7 Å². The molecule has 2 saturated heterocycles. The lowest BCUT2D eigenvalue weighted by Crippen LogP contribution is -2.59. The Morgan fingerprint density at radius 3 is 2.83 bits per heavy atom. The molecule has 0 aromatic carbocycles. The molecule has 1 aromatic heterocycles. The van der Waals surface area contributed by atoms with Gasteiger partial charge < -0.3 is 20.5 Å². The van der Waals surface area contributed by atoms with E-state index in [0.717, 1.165) is 4.90 Å². The van der Waals surface area contributed by atoms with E-state index in [1.807, 2.05) is 0 Å². The average molecular weight is 433 g/mol.